The van der Waals surface area contributed by atoms with Crippen LogP contribution in [0.4, 0.5) is 33.7 Å². The van der Waals surface area contributed by atoms with Gasteiger partial charge in [0.05, 0.1) is 28.1 Å². The second-order valence-corrected chi connectivity index (χ2v) is 9.20. The topological polar surface area (TPSA) is 100 Å². The average molecular weight is 608 g/mol. The standard InChI is InChI=1S/C28H22ClF4N3O6/c1-38-8-9-39-23-14-20-24(26-25(23)40-10-11-41-26)22(6-7-34-20)42-21-5-3-16(13-19(21)30)36-27(37)35-15-2-4-18(29)17(12-15)28(31,32)33/h2-7,12-14H,8-11H2,1H3,(H2,35,36,37). The molecule has 2 N–H and O–H groups in total. The predicted molar refractivity (Wildman–Crippen MR) is 146 cm³/mol. The number of aromatic nitrogens is 1. The Morgan fingerprint density at radius 1 is 0.952 bits per heavy atom. The summed E-state index contributed by atoms with van der Waals surface area (Å²) < 4.78 is 82.7. The van der Waals surface area contributed by atoms with E-state index in [1.165, 1.54) is 30.5 Å². The quantitative estimate of drug-likeness (QED) is 0.160. The molecule has 9 nitrogen and oxygen atoms in total. The lowest BCUT2D eigenvalue weighted by Crippen LogP contribution is -2.20. The van der Waals surface area contributed by atoms with Crippen LogP contribution in [0.5, 0.6) is 28.7 Å². The monoisotopic (exact) mass is 607 g/mol. The van der Waals surface area contributed by atoms with Crippen LogP contribution in [0.3, 0.4) is 0 Å². The Morgan fingerprint density at radius 2 is 1.67 bits per heavy atom. The SMILES string of the molecule is COCCOc1cc2nccc(Oc3ccc(NC(=O)Nc4ccc(Cl)c(C(F)(F)F)c4)cc3F)c2c2c1OCCO2. The van der Waals surface area contributed by atoms with Crippen LogP contribution in [0.25, 0.3) is 10.9 Å². The van der Waals surface area contributed by atoms with Crippen LogP contribution >= 0.6 is 11.6 Å². The Labute approximate surface area is 241 Å². The third kappa shape index (κ3) is 6.37. The lowest BCUT2D eigenvalue weighted by Gasteiger charge is -2.23. The highest BCUT2D eigenvalue weighted by molar-refractivity contribution is 6.31. The molecule has 1 aromatic heterocycles. The van der Waals surface area contributed by atoms with Gasteiger partial charge < -0.3 is 34.3 Å². The van der Waals surface area contributed by atoms with E-state index >= 15 is 4.39 Å². The molecule has 0 spiro atoms. The first-order valence-corrected chi connectivity index (χ1v) is 12.8. The Morgan fingerprint density at radius 3 is 2.38 bits per heavy atom. The van der Waals surface area contributed by atoms with E-state index in [0.717, 1.165) is 12.1 Å². The van der Waals surface area contributed by atoms with Crippen molar-refractivity contribution in [3.63, 3.8) is 0 Å². The minimum absolute atomic E-state index is 0.0221. The molecule has 0 unspecified atom stereocenters. The van der Waals surface area contributed by atoms with Gasteiger partial charge in [0.25, 0.3) is 0 Å². The second-order valence-electron chi connectivity index (χ2n) is 8.79. The molecule has 1 aliphatic heterocycles. The normalized spacial score (nSPS) is 12.6. The van der Waals surface area contributed by atoms with Gasteiger partial charge in [-0.2, -0.15) is 13.2 Å². The number of carbonyl (C=O) groups is 1. The van der Waals surface area contributed by atoms with Gasteiger partial charge in [-0.25, -0.2) is 9.18 Å². The van der Waals surface area contributed by atoms with Gasteiger partial charge >= 0.3 is 12.2 Å². The van der Waals surface area contributed by atoms with Gasteiger partial charge in [0.15, 0.2) is 23.1 Å². The lowest BCUT2D eigenvalue weighted by molar-refractivity contribution is -0.137. The first-order chi connectivity index (χ1) is 20.1. The molecule has 0 fully saturated rings. The Bertz CT molecular complexity index is 1640. The fraction of sp³-hybridized carbons (Fsp3) is 0.214. The summed E-state index contributed by atoms with van der Waals surface area (Å²) in [5.41, 5.74) is -0.786. The maximum Gasteiger partial charge on any atom is 0.417 e. The van der Waals surface area contributed by atoms with Gasteiger partial charge in [-0.1, -0.05) is 11.6 Å². The molecule has 0 aliphatic carbocycles. The van der Waals surface area contributed by atoms with Gasteiger partial charge in [-0.15, -0.1) is 0 Å². The summed E-state index contributed by atoms with van der Waals surface area (Å²) in [5.74, 6) is 0.330. The zero-order valence-electron chi connectivity index (χ0n) is 21.8. The fourth-order valence-electron chi connectivity index (χ4n) is 4.09. The Kier molecular flexibility index (Phi) is 8.41. The number of urea groups is 1. The summed E-state index contributed by atoms with van der Waals surface area (Å²) in [6.45, 7) is 1.19. The molecule has 4 aromatic rings. The molecule has 220 valence electrons. The van der Waals surface area contributed by atoms with Gasteiger partial charge in [0.1, 0.15) is 25.6 Å². The van der Waals surface area contributed by atoms with Gasteiger partial charge in [0.2, 0.25) is 5.75 Å². The molecule has 5 rings (SSSR count). The van der Waals surface area contributed by atoms with Crippen LogP contribution in [0.1, 0.15) is 5.56 Å². The largest absolute Gasteiger partial charge is 0.487 e. The number of hydrogen-bond acceptors (Lipinski definition) is 7. The van der Waals surface area contributed by atoms with Crippen molar-refractivity contribution in [2.45, 2.75) is 6.18 Å². The number of rotatable bonds is 8. The molecular weight excluding hydrogens is 586 g/mol. The fourth-order valence-corrected chi connectivity index (χ4v) is 4.32. The Balaban J connectivity index is 1.35. The Hall–Kier alpha value is -4.49. The van der Waals surface area contributed by atoms with Crippen LogP contribution in [-0.4, -0.2) is 44.6 Å². The van der Waals surface area contributed by atoms with Crippen LogP contribution in [-0.2, 0) is 10.9 Å². The van der Waals surface area contributed by atoms with Crippen molar-refractivity contribution in [2.75, 3.05) is 44.2 Å². The molecule has 1 aliphatic rings. The van der Waals surface area contributed by atoms with Crippen molar-refractivity contribution in [3.8, 4) is 28.7 Å². The van der Waals surface area contributed by atoms with Crippen molar-refractivity contribution >= 4 is 39.9 Å². The van der Waals surface area contributed by atoms with Crippen LogP contribution in [0, 0.1) is 5.82 Å². The van der Waals surface area contributed by atoms with E-state index in [1.807, 2.05) is 0 Å². The van der Waals surface area contributed by atoms with Crippen LogP contribution < -0.4 is 29.6 Å². The smallest absolute Gasteiger partial charge is 0.417 e. The second kappa shape index (κ2) is 12.2. The minimum atomic E-state index is -4.71. The summed E-state index contributed by atoms with van der Waals surface area (Å²) in [6, 6.07) is 8.85. The van der Waals surface area contributed by atoms with Crippen molar-refractivity contribution in [3.05, 3.63) is 71.1 Å². The number of nitrogens with one attached hydrogen (secondary N) is 2. The number of nitrogens with zero attached hydrogens (tertiary/aromatic N) is 1. The zero-order chi connectivity index (χ0) is 29.9. The van der Waals surface area contributed by atoms with E-state index in [0.29, 0.717) is 47.4 Å². The number of amides is 2. The molecule has 0 atom stereocenters. The summed E-state index contributed by atoms with van der Waals surface area (Å²) in [7, 11) is 1.55. The molecule has 0 bridgehead atoms. The molecule has 2 amide bonds. The zero-order valence-corrected chi connectivity index (χ0v) is 22.6. The average Bonchev–Trinajstić information content (AvgIpc) is 2.95. The first-order valence-electron chi connectivity index (χ1n) is 12.4. The number of halogens is 5. The molecule has 3 aromatic carbocycles. The van der Waals surface area contributed by atoms with E-state index in [-0.39, 0.29) is 36.1 Å². The summed E-state index contributed by atoms with van der Waals surface area (Å²) >= 11 is 5.61. The number of ether oxygens (including phenoxy) is 5. The minimum Gasteiger partial charge on any atom is -0.487 e. The third-order valence-corrected chi connectivity index (χ3v) is 6.26. The summed E-state index contributed by atoms with van der Waals surface area (Å²) in [5, 5.41) is 4.55. The van der Waals surface area contributed by atoms with Crippen LogP contribution in [0.2, 0.25) is 5.02 Å². The lowest BCUT2D eigenvalue weighted by atomic mass is 10.1. The van der Waals surface area contributed by atoms with Crippen molar-refractivity contribution in [1.82, 2.24) is 4.98 Å². The number of anilines is 2. The van der Waals surface area contributed by atoms with E-state index in [9.17, 15) is 18.0 Å². The van der Waals surface area contributed by atoms with E-state index in [4.69, 9.17) is 35.3 Å². The van der Waals surface area contributed by atoms with Gasteiger partial charge in [-0.05, 0) is 36.4 Å². The number of carbonyl (C=O) groups excluding carboxylic acids is 1. The van der Waals surface area contributed by atoms with E-state index in [1.54, 1.807) is 13.2 Å². The van der Waals surface area contributed by atoms with E-state index in [2.05, 4.69) is 15.6 Å². The maximum absolute atomic E-state index is 15.1. The summed E-state index contributed by atoms with van der Waals surface area (Å²) in [6.07, 6.45) is -3.23. The predicted octanol–water partition coefficient (Wildman–Crippen LogP) is 7.28. The molecular formula is C28H22ClF4N3O6. The number of fused-ring (bicyclic) bond motifs is 3. The number of methoxy groups -OCH3 is 1. The first kappa shape index (κ1) is 29.0. The highest BCUT2D eigenvalue weighted by atomic mass is 35.5. The highest BCUT2D eigenvalue weighted by Gasteiger charge is 2.33. The number of hydrogen-bond donors (Lipinski definition) is 2. The molecule has 2 heterocycles. The van der Waals surface area contributed by atoms with Gasteiger partial charge in [-0.3, -0.25) is 4.98 Å². The highest BCUT2D eigenvalue weighted by Crippen LogP contribution is 2.48. The molecule has 14 heteroatoms. The number of pyridine rings is 1. The molecule has 0 saturated carbocycles. The van der Waals surface area contributed by atoms with Crippen molar-refractivity contribution < 1.29 is 46.0 Å². The van der Waals surface area contributed by atoms with Crippen molar-refractivity contribution in [2.24, 2.45) is 0 Å². The molecule has 0 radical (unpaired) electrons. The number of alkyl halides is 3. The molecule has 42 heavy (non-hydrogen) atoms. The van der Waals surface area contributed by atoms with Crippen LogP contribution in [0.15, 0.2) is 54.7 Å². The van der Waals surface area contributed by atoms with Gasteiger partial charge in [0, 0.05) is 36.8 Å². The maximum atomic E-state index is 15.1. The third-order valence-electron chi connectivity index (χ3n) is 5.93. The number of benzene rings is 3. The van der Waals surface area contributed by atoms with Crippen molar-refractivity contribution in [1.29, 1.82) is 0 Å². The molecule has 0 saturated heterocycles. The van der Waals surface area contributed by atoms with E-state index < -0.39 is 28.6 Å². The summed E-state index contributed by atoms with van der Waals surface area (Å²) in [4.78, 5) is 16.7.